The van der Waals surface area contributed by atoms with Crippen LogP contribution in [-0.4, -0.2) is 33.5 Å². The summed E-state index contributed by atoms with van der Waals surface area (Å²) >= 11 is 8.52. The average molecular weight is 655 g/mol. The third-order valence-corrected chi connectivity index (χ3v) is 9.47. The molecule has 2 atom stereocenters. The largest absolute Gasteiger partial charge is 0.506 e. The molecule has 3 aromatic carbocycles. The van der Waals surface area contributed by atoms with Gasteiger partial charge in [0.15, 0.2) is 5.50 Å². The van der Waals surface area contributed by atoms with Crippen LogP contribution in [0.5, 0.6) is 5.75 Å². The van der Waals surface area contributed by atoms with Crippen LogP contribution in [0.15, 0.2) is 71.4 Å². The van der Waals surface area contributed by atoms with Gasteiger partial charge in [-0.25, -0.2) is 18.6 Å². The number of aromatic hydroxyl groups is 1. The Kier molecular flexibility index (Phi) is 7.85. The van der Waals surface area contributed by atoms with Gasteiger partial charge in [0.2, 0.25) is 0 Å². The lowest BCUT2D eigenvalue weighted by Crippen LogP contribution is -2.42. The van der Waals surface area contributed by atoms with E-state index in [0.29, 0.717) is 50.4 Å². The van der Waals surface area contributed by atoms with E-state index in [1.165, 1.54) is 35.2 Å². The van der Waals surface area contributed by atoms with Gasteiger partial charge in [-0.2, -0.15) is 0 Å². The number of nitrogens with one attached hydrogen (secondary N) is 3. The van der Waals surface area contributed by atoms with Crippen molar-refractivity contribution < 1.29 is 18.7 Å². The van der Waals surface area contributed by atoms with E-state index in [1.54, 1.807) is 30.4 Å². The Bertz CT molecular complexity index is 1860. The van der Waals surface area contributed by atoms with E-state index < -0.39 is 28.6 Å². The molecule has 2 unspecified atom stereocenters. The van der Waals surface area contributed by atoms with Crippen molar-refractivity contribution in [1.29, 1.82) is 0 Å². The van der Waals surface area contributed by atoms with Gasteiger partial charge in [-0.1, -0.05) is 43.8 Å². The summed E-state index contributed by atoms with van der Waals surface area (Å²) in [5, 5.41) is 20.8. The van der Waals surface area contributed by atoms with Crippen molar-refractivity contribution in [1.82, 2.24) is 15.6 Å². The third-order valence-electron chi connectivity index (χ3n) is 7.33. The number of thiazole rings is 1. The number of fused-ring (bicyclic) bond motifs is 2. The first-order chi connectivity index (χ1) is 20.9. The van der Waals surface area contributed by atoms with Crippen LogP contribution in [0.3, 0.4) is 0 Å². The number of phenolic OH excluding ortho intramolecular Hbond substituents is 1. The summed E-state index contributed by atoms with van der Waals surface area (Å²) in [5.41, 5.74) is 8.41. The van der Waals surface area contributed by atoms with Crippen molar-refractivity contribution in [3.63, 3.8) is 0 Å². The normalized spacial score (nSPS) is 18.1. The lowest BCUT2D eigenvalue weighted by atomic mass is 9.83. The lowest BCUT2D eigenvalue weighted by Gasteiger charge is -2.25. The van der Waals surface area contributed by atoms with Gasteiger partial charge >= 0.3 is 6.03 Å². The van der Waals surface area contributed by atoms with Crippen molar-refractivity contribution in [2.45, 2.75) is 37.1 Å². The molecule has 3 heterocycles. The molecule has 2 aliphatic rings. The quantitative estimate of drug-likeness (QED) is 0.137. The van der Waals surface area contributed by atoms with E-state index in [4.69, 9.17) is 17.3 Å². The summed E-state index contributed by atoms with van der Waals surface area (Å²) < 4.78 is 30.3. The molecule has 0 saturated carbocycles. The fraction of sp³-hybridized carbons (Fsp3) is 0.226. The van der Waals surface area contributed by atoms with Gasteiger partial charge in [-0.15, -0.1) is 22.9 Å². The van der Waals surface area contributed by atoms with Crippen LogP contribution in [-0.2, 0) is 5.41 Å². The number of benzene rings is 3. The van der Waals surface area contributed by atoms with Crippen LogP contribution in [0.2, 0.25) is 0 Å². The van der Waals surface area contributed by atoms with Crippen LogP contribution in [0.4, 0.5) is 30.6 Å². The van der Waals surface area contributed by atoms with E-state index in [2.05, 4.69) is 20.9 Å². The van der Waals surface area contributed by atoms with Crippen molar-refractivity contribution in [3.8, 4) is 16.3 Å². The van der Waals surface area contributed by atoms with Crippen LogP contribution in [0, 0.1) is 11.6 Å². The number of hydrogen-bond acceptors (Lipinski definition) is 8. The minimum atomic E-state index is -0.638. The number of nitrogens with zero attached hydrogens (tertiary/aromatic N) is 2. The van der Waals surface area contributed by atoms with E-state index in [9.17, 15) is 14.3 Å². The number of thioether (sulfide) groups is 1. The fourth-order valence-corrected chi connectivity index (χ4v) is 7.41. The first-order valence-corrected chi connectivity index (χ1v) is 15.9. The van der Waals surface area contributed by atoms with E-state index in [0.717, 1.165) is 10.8 Å². The number of allylic oxidation sites excluding steroid dienone is 2. The predicted molar refractivity (Wildman–Crippen MR) is 175 cm³/mol. The Balaban J connectivity index is 1.31. The first kappa shape index (κ1) is 30.0. The highest BCUT2D eigenvalue weighted by molar-refractivity contribution is 8.03. The van der Waals surface area contributed by atoms with Crippen molar-refractivity contribution in [3.05, 3.63) is 88.6 Å². The highest BCUT2D eigenvalue weighted by atomic mass is 35.5. The van der Waals surface area contributed by atoms with Gasteiger partial charge in [-0.05, 0) is 37.3 Å². The smallest absolute Gasteiger partial charge is 0.321 e. The van der Waals surface area contributed by atoms with Gasteiger partial charge in [0.05, 0.1) is 43.6 Å². The second-order valence-electron chi connectivity index (χ2n) is 11.1. The summed E-state index contributed by atoms with van der Waals surface area (Å²) in [6.45, 7) is 6.13. The Hall–Kier alpha value is -4.00. The van der Waals surface area contributed by atoms with Gasteiger partial charge < -0.3 is 31.7 Å². The Morgan fingerprint density at radius 1 is 1.27 bits per heavy atom. The van der Waals surface area contributed by atoms with E-state index in [-0.39, 0.29) is 16.7 Å². The second kappa shape index (κ2) is 11.5. The summed E-state index contributed by atoms with van der Waals surface area (Å²) in [6.07, 6.45) is 3.56. The molecule has 0 radical (unpaired) electrons. The maximum atomic E-state index is 15.7. The van der Waals surface area contributed by atoms with Crippen LogP contribution in [0.1, 0.15) is 26.3 Å². The van der Waals surface area contributed by atoms with Crippen LogP contribution < -0.4 is 26.6 Å². The first-order valence-electron chi connectivity index (χ1n) is 13.7. The molecule has 0 aliphatic carbocycles. The molecule has 13 heteroatoms. The Morgan fingerprint density at radius 2 is 2.05 bits per heavy atom. The number of carbonyl (C=O) groups is 1. The molecule has 1 aromatic heterocycles. The summed E-state index contributed by atoms with van der Waals surface area (Å²) in [4.78, 5) is 19.5. The van der Waals surface area contributed by atoms with Crippen LogP contribution >= 0.6 is 34.7 Å². The highest BCUT2D eigenvalue weighted by Gasteiger charge is 2.42. The zero-order chi connectivity index (χ0) is 31.3. The number of para-hydroxylation sites is 2. The number of nitrogens with two attached hydrogens (primary N) is 1. The number of halogens is 3. The minimum Gasteiger partial charge on any atom is -0.506 e. The minimum absolute atomic E-state index is 0.174. The number of phenols is 1. The molecule has 4 aromatic rings. The number of alkyl halides is 1. The number of anilines is 3. The summed E-state index contributed by atoms with van der Waals surface area (Å²) in [5.74, 6) is -1.28. The predicted octanol–water partition coefficient (Wildman–Crippen LogP) is 7.43. The molecule has 44 heavy (non-hydrogen) atoms. The zero-order valence-electron chi connectivity index (χ0n) is 23.9. The molecular weight excluding hydrogens is 626 g/mol. The van der Waals surface area contributed by atoms with E-state index >= 15 is 4.39 Å². The second-order valence-corrected chi connectivity index (χ2v) is 14.0. The molecule has 228 valence electrons. The number of carbonyl (C=O) groups excluding carboxylic acids is 1. The molecule has 2 amide bonds. The number of amides is 2. The SMILES string of the molecule is CC(Cl)/C=C\C1=C(N)SC(NC(=O)Nc2ccccc2N2CC(C)(C)c3c(-c4nc5cc(F)ccc5s4)c(F)cc(O)c32)N1. The lowest BCUT2D eigenvalue weighted by molar-refractivity contribution is 0.251. The van der Waals surface area contributed by atoms with Crippen molar-refractivity contribution in [2.24, 2.45) is 5.73 Å². The Labute approximate surface area is 266 Å². The van der Waals surface area contributed by atoms with Crippen molar-refractivity contribution in [2.75, 3.05) is 16.8 Å². The monoisotopic (exact) mass is 654 g/mol. The fourth-order valence-electron chi connectivity index (χ4n) is 5.48. The summed E-state index contributed by atoms with van der Waals surface area (Å²) in [7, 11) is 0. The van der Waals surface area contributed by atoms with Gasteiger partial charge in [0, 0.05) is 35.0 Å². The zero-order valence-corrected chi connectivity index (χ0v) is 26.3. The summed E-state index contributed by atoms with van der Waals surface area (Å²) in [6, 6.07) is 12.1. The topological polar surface area (TPSA) is 116 Å². The van der Waals surface area contributed by atoms with E-state index in [1.807, 2.05) is 37.8 Å². The molecule has 2 aliphatic heterocycles. The standard InChI is InChI=1S/C31H29ClF2N6O2S2/c1-15(32)8-10-19-27(35)44-30(38-19)39-29(42)37-18-6-4-5-7-21(18)40-14-31(2,3)25-24(17(34)13-22(41)26(25)40)28-36-20-12-16(33)9-11-23(20)43-28/h4-13,15,30,38,41H,14,35H2,1-3H3,(H2,37,39,42)/b10-8-. The molecule has 0 spiro atoms. The maximum Gasteiger partial charge on any atom is 0.321 e. The van der Waals surface area contributed by atoms with Gasteiger partial charge in [0.25, 0.3) is 0 Å². The molecule has 6 rings (SSSR count). The van der Waals surface area contributed by atoms with Gasteiger partial charge in [-0.3, -0.25) is 0 Å². The number of aromatic nitrogens is 1. The molecule has 0 fully saturated rings. The molecule has 6 N–H and O–H groups in total. The maximum absolute atomic E-state index is 15.7. The number of rotatable bonds is 6. The van der Waals surface area contributed by atoms with Gasteiger partial charge in [0.1, 0.15) is 22.4 Å². The third kappa shape index (κ3) is 5.64. The molecule has 8 nitrogen and oxygen atoms in total. The Morgan fingerprint density at radius 3 is 2.82 bits per heavy atom. The van der Waals surface area contributed by atoms with Crippen LogP contribution in [0.25, 0.3) is 20.8 Å². The highest BCUT2D eigenvalue weighted by Crippen LogP contribution is 2.55. The molecular formula is C31H29ClF2N6O2S2. The molecule has 0 bridgehead atoms. The molecule has 0 saturated heterocycles. The van der Waals surface area contributed by atoms with Crippen molar-refractivity contribution >= 4 is 68.0 Å². The number of hydrogen-bond donors (Lipinski definition) is 5. The number of urea groups is 1. The average Bonchev–Trinajstić information content (AvgIpc) is 3.60.